The van der Waals surface area contributed by atoms with Gasteiger partial charge >= 0.3 is 0 Å². The van der Waals surface area contributed by atoms with Crippen molar-refractivity contribution >= 4 is 17.3 Å². The molecule has 6 heteroatoms. The van der Waals surface area contributed by atoms with E-state index in [1.165, 1.54) is 4.68 Å². The number of nitrogens with zero attached hydrogens (tertiary/aromatic N) is 2. The maximum atomic E-state index is 12.0. The Morgan fingerprint density at radius 2 is 2.35 bits per heavy atom. The average molecular weight is 300 g/mol. The molecular weight excluding hydrogens is 278 g/mol. The van der Waals surface area contributed by atoms with Crippen LogP contribution in [0.4, 0.5) is 5.69 Å². The van der Waals surface area contributed by atoms with Crippen molar-refractivity contribution in [3.63, 3.8) is 0 Å². The van der Waals surface area contributed by atoms with Gasteiger partial charge in [0.05, 0.1) is 18.0 Å². The number of aromatic nitrogens is 2. The zero-order valence-corrected chi connectivity index (χ0v) is 12.8. The molecule has 2 atom stereocenters. The minimum absolute atomic E-state index is 0.223. The number of aryl methyl sites for hydroxylation is 1. The molecule has 1 N–H and O–H groups in total. The molecule has 2 unspecified atom stereocenters. The predicted molar refractivity (Wildman–Crippen MR) is 80.4 cm³/mol. The lowest BCUT2D eigenvalue weighted by atomic mass is 10.00. The fourth-order valence-electron chi connectivity index (χ4n) is 2.58. The number of rotatable bonds is 6. The van der Waals surface area contributed by atoms with E-state index in [1.807, 2.05) is 6.92 Å². The summed E-state index contributed by atoms with van der Waals surface area (Å²) < 4.78 is 7.06. The SMILES string of the molecule is CCCn1ncc(NCC2CCOC2CC)c(Cl)c1=O. The molecule has 1 saturated heterocycles. The van der Waals surface area contributed by atoms with Crippen LogP contribution in [0, 0.1) is 5.92 Å². The van der Waals surface area contributed by atoms with Crippen LogP contribution in [-0.4, -0.2) is 29.0 Å². The van der Waals surface area contributed by atoms with Crippen LogP contribution in [0.25, 0.3) is 0 Å². The molecule has 0 radical (unpaired) electrons. The second kappa shape index (κ2) is 7.09. The van der Waals surface area contributed by atoms with Gasteiger partial charge in [-0.25, -0.2) is 4.68 Å². The fraction of sp³-hybridized carbons (Fsp3) is 0.714. The molecule has 1 fully saturated rings. The molecule has 1 aliphatic heterocycles. The van der Waals surface area contributed by atoms with E-state index in [0.29, 0.717) is 24.3 Å². The molecule has 0 spiro atoms. The van der Waals surface area contributed by atoms with Gasteiger partial charge in [-0.15, -0.1) is 0 Å². The summed E-state index contributed by atoms with van der Waals surface area (Å²) in [6, 6.07) is 0. The molecule has 2 heterocycles. The Kier molecular flexibility index (Phi) is 5.43. The Hall–Kier alpha value is -1.07. The van der Waals surface area contributed by atoms with Crippen LogP contribution in [0.1, 0.15) is 33.1 Å². The van der Waals surface area contributed by atoms with Gasteiger partial charge in [0.15, 0.2) is 0 Å². The molecule has 0 saturated carbocycles. The number of anilines is 1. The van der Waals surface area contributed by atoms with Gasteiger partial charge in [0.25, 0.3) is 5.56 Å². The zero-order valence-electron chi connectivity index (χ0n) is 12.1. The third-order valence-corrected chi connectivity index (χ3v) is 4.09. The standard InChI is InChI=1S/C14H22ClN3O2/c1-3-6-18-14(19)13(15)11(9-17-18)16-8-10-5-7-20-12(10)4-2/h9-10,12,16H,3-8H2,1-2H3. The van der Waals surface area contributed by atoms with Gasteiger partial charge in [0, 0.05) is 25.6 Å². The van der Waals surface area contributed by atoms with Gasteiger partial charge in [-0.2, -0.15) is 5.10 Å². The first-order chi connectivity index (χ1) is 9.67. The maximum Gasteiger partial charge on any atom is 0.287 e. The Morgan fingerprint density at radius 3 is 3.05 bits per heavy atom. The largest absolute Gasteiger partial charge is 0.382 e. The van der Waals surface area contributed by atoms with Crippen molar-refractivity contribution in [1.82, 2.24) is 9.78 Å². The van der Waals surface area contributed by atoms with Crippen LogP contribution in [-0.2, 0) is 11.3 Å². The first-order valence-electron chi connectivity index (χ1n) is 7.28. The summed E-state index contributed by atoms with van der Waals surface area (Å²) >= 11 is 6.12. The molecule has 0 aliphatic carbocycles. The topological polar surface area (TPSA) is 56.1 Å². The smallest absolute Gasteiger partial charge is 0.287 e. The number of nitrogens with one attached hydrogen (secondary N) is 1. The summed E-state index contributed by atoms with van der Waals surface area (Å²) in [7, 11) is 0. The van der Waals surface area contributed by atoms with Crippen LogP contribution < -0.4 is 10.9 Å². The fourth-order valence-corrected chi connectivity index (χ4v) is 2.79. The Morgan fingerprint density at radius 1 is 1.55 bits per heavy atom. The minimum atomic E-state index is -0.228. The Bertz CT molecular complexity index is 504. The highest BCUT2D eigenvalue weighted by molar-refractivity contribution is 6.32. The summed E-state index contributed by atoms with van der Waals surface area (Å²) in [5, 5.41) is 7.60. The summed E-state index contributed by atoms with van der Waals surface area (Å²) in [6.45, 7) is 6.29. The number of ether oxygens (including phenoxy) is 1. The first kappa shape index (κ1) is 15.3. The van der Waals surface area contributed by atoms with Gasteiger partial charge in [-0.1, -0.05) is 25.4 Å². The van der Waals surface area contributed by atoms with E-state index in [-0.39, 0.29) is 10.6 Å². The molecule has 0 bridgehead atoms. The molecule has 5 nitrogen and oxygen atoms in total. The quantitative estimate of drug-likeness (QED) is 0.877. The molecule has 1 aromatic rings. The van der Waals surface area contributed by atoms with Crippen molar-refractivity contribution in [2.75, 3.05) is 18.5 Å². The molecule has 2 rings (SSSR count). The Balaban J connectivity index is 2.03. The summed E-state index contributed by atoms with van der Waals surface area (Å²) in [4.78, 5) is 12.0. The first-order valence-corrected chi connectivity index (χ1v) is 7.66. The van der Waals surface area contributed by atoms with Crippen LogP contribution in [0.15, 0.2) is 11.0 Å². The van der Waals surface area contributed by atoms with Crippen LogP contribution in [0.2, 0.25) is 5.02 Å². The highest BCUT2D eigenvalue weighted by Crippen LogP contribution is 2.24. The van der Waals surface area contributed by atoms with Crippen molar-refractivity contribution in [1.29, 1.82) is 0 Å². The molecule has 20 heavy (non-hydrogen) atoms. The van der Waals surface area contributed by atoms with Gasteiger partial charge in [0.2, 0.25) is 0 Å². The molecule has 112 valence electrons. The lowest BCUT2D eigenvalue weighted by Crippen LogP contribution is -2.26. The van der Waals surface area contributed by atoms with Gasteiger partial charge < -0.3 is 10.1 Å². The predicted octanol–water partition coefficient (Wildman–Crippen LogP) is 2.53. The maximum absolute atomic E-state index is 12.0. The Labute approximate surface area is 124 Å². The van der Waals surface area contributed by atoms with E-state index in [2.05, 4.69) is 17.3 Å². The monoisotopic (exact) mass is 299 g/mol. The second-order valence-corrected chi connectivity index (χ2v) is 5.53. The summed E-state index contributed by atoms with van der Waals surface area (Å²) in [6.07, 6.45) is 4.85. The van der Waals surface area contributed by atoms with Crippen LogP contribution in [0.3, 0.4) is 0 Å². The van der Waals surface area contributed by atoms with Crippen LogP contribution >= 0.6 is 11.6 Å². The highest BCUT2D eigenvalue weighted by atomic mass is 35.5. The van der Waals surface area contributed by atoms with Crippen LogP contribution in [0.5, 0.6) is 0 Å². The van der Waals surface area contributed by atoms with E-state index in [9.17, 15) is 4.79 Å². The van der Waals surface area contributed by atoms with E-state index in [1.54, 1.807) is 6.20 Å². The average Bonchev–Trinajstić information content (AvgIpc) is 2.91. The molecular formula is C14H22ClN3O2. The van der Waals surface area contributed by atoms with E-state index >= 15 is 0 Å². The lowest BCUT2D eigenvalue weighted by molar-refractivity contribution is 0.0900. The molecule has 1 aromatic heterocycles. The summed E-state index contributed by atoms with van der Waals surface area (Å²) in [5.41, 5.74) is 0.388. The number of hydrogen-bond donors (Lipinski definition) is 1. The van der Waals surface area contributed by atoms with Crippen molar-refractivity contribution in [2.24, 2.45) is 5.92 Å². The normalized spacial score (nSPS) is 22.1. The minimum Gasteiger partial charge on any atom is -0.382 e. The highest BCUT2D eigenvalue weighted by Gasteiger charge is 2.26. The number of hydrogen-bond acceptors (Lipinski definition) is 4. The second-order valence-electron chi connectivity index (χ2n) is 5.15. The van der Waals surface area contributed by atoms with Gasteiger partial charge in [-0.3, -0.25) is 4.79 Å². The lowest BCUT2D eigenvalue weighted by Gasteiger charge is -2.18. The van der Waals surface area contributed by atoms with Gasteiger partial charge in [0.1, 0.15) is 5.02 Å². The molecule has 1 aliphatic rings. The third-order valence-electron chi connectivity index (χ3n) is 3.72. The van der Waals surface area contributed by atoms with E-state index < -0.39 is 0 Å². The van der Waals surface area contributed by atoms with Crippen molar-refractivity contribution < 1.29 is 4.74 Å². The molecule has 0 amide bonds. The van der Waals surface area contributed by atoms with Crippen molar-refractivity contribution in [3.05, 3.63) is 21.6 Å². The van der Waals surface area contributed by atoms with E-state index in [4.69, 9.17) is 16.3 Å². The third kappa shape index (κ3) is 3.33. The zero-order chi connectivity index (χ0) is 14.5. The van der Waals surface area contributed by atoms with Crippen molar-refractivity contribution in [3.8, 4) is 0 Å². The van der Waals surface area contributed by atoms with Crippen molar-refractivity contribution in [2.45, 2.75) is 45.8 Å². The van der Waals surface area contributed by atoms with E-state index in [0.717, 1.165) is 32.4 Å². The molecule has 0 aromatic carbocycles. The number of halogens is 1. The van der Waals surface area contributed by atoms with Gasteiger partial charge in [-0.05, 0) is 19.3 Å². The summed E-state index contributed by atoms with van der Waals surface area (Å²) in [5.74, 6) is 0.467.